The first kappa shape index (κ1) is 21.4. The number of nitrogens with one attached hydrogen (secondary N) is 1. The average molecular weight is 421 g/mol. The normalized spacial score (nSPS) is 25.6. The van der Waals surface area contributed by atoms with E-state index in [1.807, 2.05) is 55.5 Å². The first-order valence-electron chi connectivity index (χ1n) is 11.2. The van der Waals surface area contributed by atoms with E-state index in [1.54, 1.807) is 12.0 Å². The molecule has 0 aromatic heterocycles. The molecule has 31 heavy (non-hydrogen) atoms. The van der Waals surface area contributed by atoms with Gasteiger partial charge in [0.2, 0.25) is 5.91 Å². The Labute approximate surface area is 184 Å². The number of nitrogens with zero attached hydrogens (tertiary/aromatic N) is 1. The zero-order valence-electron chi connectivity index (χ0n) is 18.7. The molecule has 2 aromatic carbocycles. The van der Waals surface area contributed by atoms with Gasteiger partial charge in [-0.15, -0.1) is 0 Å². The second-order valence-electron chi connectivity index (χ2n) is 9.28. The van der Waals surface area contributed by atoms with E-state index in [1.165, 1.54) is 0 Å². The van der Waals surface area contributed by atoms with Gasteiger partial charge in [-0.25, -0.2) is 0 Å². The maximum absolute atomic E-state index is 13.6. The van der Waals surface area contributed by atoms with Gasteiger partial charge in [-0.05, 0) is 67.9 Å². The molecule has 1 atom stereocenters. The van der Waals surface area contributed by atoms with Gasteiger partial charge in [0.05, 0.1) is 7.11 Å². The maximum atomic E-state index is 13.6. The van der Waals surface area contributed by atoms with Crippen LogP contribution < -0.4 is 10.1 Å². The summed E-state index contributed by atoms with van der Waals surface area (Å²) in [5, 5.41) is 3.28. The average Bonchev–Trinajstić information content (AvgIpc) is 2.78. The molecule has 1 unspecified atom stereocenters. The van der Waals surface area contributed by atoms with E-state index in [-0.39, 0.29) is 17.9 Å². The van der Waals surface area contributed by atoms with E-state index in [9.17, 15) is 9.59 Å². The molecule has 0 spiro atoms. The largest absolute Gasteiger partial charge is 0.497 e. The van der Waals surface area contributed by atoms with Crippen molar-refractivity contribution in [3.8, 4) is 5.75 Å². The van der Waals surface area contributed by atoms with Gasteiger partial charge in [-0.3, -0.25) is 9.59 Å². The highest BCUT2D eigenvalue weighted by Crippen LogP contribution is 2.34. The molecule has 4 rings (SSSR count). The van der Waals surface area contributed by atoms with Gasteiger partial charge in [0.25, 0.3) is 5.91 Å². The summed E-state index contributed by atoms with van der Waals surface area (Å²) in [6, 6.07) is 15.5. The summed E-state index contributed by atoms with van der Waals surface area (Å²) >= 11 is 0. The van der Waals surface area contributed by atoms with Gasteiger partial charge in [-0.1, -0.05) is 37.3 Å². The van der Waals surface area contributed by atoms with Crippen LogP contribution in [0.3, 0.4) is 0 Å². The van der Waals surface area contributed by atoms with E-state index >= 15 is 0 Å². The lowest BCUT2D eigenvalue weighted by molar-refractivity contribution is -0.133. The van der Waals surface area contributed by atoms with Crippen molar-refractivity contribution in [1.82, 2.24) is 10.2 Å². The second kappa shape index (κ2) is 8.74. The fourth-order valence-corrected chi connectivity index (χ4v) is 4.83. The van der Waals surface area contributed by atoms with Gasteiger partial charge in [0.15, 0.2) is 0 Å². The van der Waals surface area contributed by atoms with E-state index < -0.39 is 5.54 Å². The van der Waals surface area contributed by atoms with Gasteiger partial charge in [0.1, 0.15) is 11.3 Å². The third-order valence-corrected chi connectivity index (χ3v) is 6.96. The van der Waals surface area contributed by atoms with E-state index in [2.05, 4.69) is 12.2 Å². The van der Waals surface area contributed by atoms with Gasteiger partial charge < -0.3 is 15.0 Å². The zero-order valence-corrected chi connectivity index (χ0v) is 18.7. The molecule has 2 amide bonds. The minimum Gasteiger partial charge on any atom is -0.497 e. The summed E-state index contributed by atoms with van der Waals surface area (Å²) in [7, 11) is 1.63. The lowest BCUT2D eigenvalue weighted by atomic mass is 9.81. The number of amides is 2. The molecule has 2 aliphatic rings. The van der Waals surface area contributed by atoms with Crippen molar-refractivity contribution in [3.05, 3.63) is 65.2 Å². The minimum absolute atomic E-state index is 0.0524. The summed E-state index contributed by atoms with van der Waals surface area (Å²) < 4.78 is 5.25. The standard InChI is InChI=1S/C26H32N2O3/c1-18-8-12-21(13-9-18)27-25(30)26(2)16-20-6-4-5-7-23(20)24(29)28(26)17-19-10-14-22(31-3)15-11-19/h4-7,10-11,14-15,18,21H,8-9,12-13,16-17H2,1-3H3,(H,27,30). The Hall–Kier alpha value is -2.82. The first-order valence-corrected chi connectivity index (χ1v) is 11.2. The number of carbonyl (C=O) groups is 2. The second-order valence-corrected chi connectivity index (χ2v) is 9.28. The minimum atomic E-state index is -0.936. The summed E-state index contributed by atoms with van der Waals surface area (Å²) in [6.07, 6.45) is 4.80. The number of ether oxygens (including phenoxy) is 1. The first-order chi connectivity index (χ1) is 14.9. The van der Waals surface area contributed by atoms with Crippen molar-refractivity contribution >= 4 is 11.8 Å². The van der Waals surface area contributed by atoms with E-state index in [4.69, 9.17) is 4.74 Å². The van der Waals surface area contributed by atoms with Crippen LogP contribution in [-0.2, 0) is 17.8 Å². The Morgan fingerprint density at radius 2 is 1.77 bits per heavy atom. The third kappa shape index (κ3) is 4.32. The maximum Gasteiger partial charge on any atom is 0.255 e. The van der Waals surface area contributed by atoms with Crippen LogP contribution in [0.2, 0.25) is 0 Å². The fourth-order valence-electron chi connectivity index (χ4n) is 4.83. The number of fused-ring (bicyclic) bond motifs is 1. The summed E-state index contributed by atoms with van der Waals surface area (Å²) in [5.41, 5.74) is 1.66. The molecule has 1 N–H and O–H groups in total. The summed E-state index contributed by atoms with van der Waals surface area (Å²) in [5.74, 6) is 1.35. The molecule has 1 fully saturated rings. The van der Waals surface area contributed by atoms with Crippen LogP contribution in [0.15, 0.2) is 48.5 Å². The topological polar surface area (TPSA) is 58.6 Å². The van der Waals surface area contributed by atoms with Gasteiger partial charge in [-0.2, -0.15) is 0 Å². The van der Waals surface area contributed by atoms with Crippen molar-refractivity contribution in [1.29, 1.82) is 0 Å². The Morgan fingerprint density at radius 1 is 1.10 bits per heavy atom. The molecule has 0 bridgehead atoms. The summed E-state index contributed by atoms with van der Waals surface area (Å²) in [4.78, 5) is 28.9. The molecular formula is C26H32N2O3. The molecule has 5 nitrogen and oxygen atoms in total. The SMILES string of the molecule is COc1ccc(CN2C(=O)c3ccccc3CC2(C)C(=O)NC2CCC(C)CC2)cc1. The molecule has 1 saturated carbocycles. The highest BCUT2D eigenvalue weighted by Gasteiger charge is 2.47. The number of benzene rings is 2. The molecule has 2 aromatic rings. The molecule has 5 heteroatoms. The number of hydrogen-bond donors (Lipinski definition) is 1. The van der Waals surface area contributed by atoms with Crippen LogP contribution in [0.25, 0.3) is 0 Å². The van der Waals surface area contributed by atoms with Crippen molar-refractivity contribution in [2.75, 3.05) is 7.11 Å². The van der Waals surface area contributed by atoms with Gasteiger partial charge in [0, 0.05) is 24.6 Å². The molecule has 1 aliphatic carbocycles. The van der Waals surface area contributed by atoms with E-state index in [0.29, 0.717) is 18.5 Å². The molecule has 164 valence electrons. The monoisotopic (exact) mass is 420 g/mol. The molecule has 1 heterocycles. The van der Waals surface area contributed by atoms with Crippen LogP contribution >= 0.6 is 0 Å². The fraction of sp³-hybridized carbons (Fsp3) is 0.462. The predicted molar refractivity (Wildman–Crippen MR) is 121 cm³/mol. The lowest BCUT2D eigenvalue weighted by Gasteiger charge is -2.45. The number of rotatable bonds is 5. The zero-order chi connectivity index (χ0) is 22.0. The Bertz CT molecular complexity index is 947. The van der Waals surface area contributed by atoms with Crippen molar-refractivity contribution in [2.24, 2.45) is 5.92 Å². The van der Waals surface area contributed by atoms with Gasteiger partial charge >= 0.3 is 0 Å². The number of hydrogen-bond acceptors (Lipinski definition) is 3. The van der Waals surface area contributed by atoms with Crippen LogP contribution in [0.5, 0.6) is 5.75 Å². The molecule has 1 aliphatic heterocycles. The van der Waals surface area contributed by atoms with Crippen LogP contribution in [-0.4, -0.2) is 35.4 Å². The highest BCUT2D eigenvalue weighted by molar-refractivity contribution is 6.02. The van der Waals surface area contributed by atoms with Crippen LogP contribution in [0.1, 0.15) is 61.0 Å². The number of methoxy groups -OCH3 is 1. The van der Waals surface area contributed by atoms with Crippen LogP contribution in [0.4, 0.5) is 0 Å². The van der Waals surface area contributed by atoms with Crippen LogP contribution in [0, 0.1) is 5.92 Å². The Morgan fingerprint density at radius 3 is 2.45 bits per heavy atom. The Kier molecular flexibility index (Phi) is 6.03. The lowest BCUT2D eigenvalue weighted by Crippen LogP contribution is -2.63. The van der Waals surface area contributed by atoms with Crippen molar-refractivity contribution in [3.63, 3.8) is 0 Å². The number of carbonyl (C=O) groups excluding carboxylic acids is 2. The molecular weight excluding hydrogens is 388 g/mol. The van der Waals surface area contributed by atoms with E-state index in [0.717, 1.165) is 48.5 Å². The molecule has 0 saturated heterocycles. The third-order valence-electron chi connectivity index (χ3n) is 6.96. The quantitative estimate of drug-likeness (QED) is 0.782. The predicted octanol–water partition coefficient (Wildman–Crippen LogP) is 4.35. The highest BCUT2D eigenvalue weighted by atomic mass is 16.5. The molecule has 0 radical (unpaired) electrons. The Balaban J connectivity index is 1.62. The van der Waals surface area contributed by atoms with Crippen molar-refractivity contribution in [2.45, 2.75) is 64.1 Å². The van der Waals surface area contributed by atoms with Crippen molar-refractivity contribution < 1.29 is 14.3 Å². The smallest absolute Gasteiger partial charge is 0.255 e. The summed E-state index contributed by atoms with van der Waals surface area (Å²) in [6.45, 7) is 4.56.